The Balaban J connectivity index is 1.48. The Kier molecular flexibility index (Phi) is 15.8. The van der Waals surface area contributed by atoms with Crippen LogP contribution in [0.2, 0.25) is 0 Å². The SMILES string of the molecule is CCCCCCCCCCCCc1ccc2c3ccc(CCCCCCCCCCCC)cc3n(C(C)N)c2c1. The van der Waals surface area contributed by atoms with Gasteiger partial charge in [-0.25, -0.2) is 0 Å². The van der Waals surface area contributed by atoms with Gasteiger partial charge < -0.3 is 10.3 Å². The van der Waals surface area contributed by atoms with Crippen molar-refractivity contribution in [2.45, 2.75) is 168 Å². The van der Waals surface area contributed by atoms with Gasteiger partial charge in [-0.2, -0.15) is 0 Å². The lowest BCUT2D eigenvalue weighted by atomic mass is 10.0. The molecule has 1 aromatic heterocycles. The molecule has 0 saturated carbocycles. The number of hydrogen-bond acceptors (Lipinski definition) is 1. The standard InChI is InChI=1S/C38H62N2/c1-4-6-8-10-12-14-16-18-20-22-24-33-26-28-35-36-29-27-34(31-38(36)40(32(3)39)37(35)30-33)25-23-21-19-17-15-13-11-9-7-5-2/h26-32H,4-25,39H2,1-3H3. The second-order valence-corrected chi connectivity index (χ2v) is 12.7. The zero-order valence-corrected chi connectivity index (χ0v) is 26.6. The van der Waals surface area contributed by atoms with E-state index in [1.54, 1.807) is 0 Å². The molecule has 0 amide bonds. The summed E-state index contributed by atoms with van der Waals surface area (Å²) in [7, 11) is 0. The van der Waals surface area contributed by atoms with E-state index in [1.807, 2.05) is 0 Å². The highest BCUT2D eigenvalue weighted by atomic mass is 15.1. The van der Waals surface area contributed by atoms with E-state index in [-0.39, 0.29) is 6.17 Å². The summed E-state index contributed by atoms with van der Waals surface area (Å²) in [4.78, 5) is 0. The molecule has 0 aliphatic heterocycles. The summed E-state index contributed by atoms with van der Waals surface area (Å²) in [6.45, 7) is 6.72. The third-order valence-electron chi connectivity index (χ3n) is 8.98. The Morgan fingerprint density at radius 3 is 1.15 bits per heavy atom. The molecule has 1 atom stereocenters. The summed E-state index contributed by atoms with van der Waals surface area (Å²) in [6, 6.07) is 14.3. The first-order valence-electron chi connectivity index (χ1n) is 17.5. The fourth-order valence-corrected chi connectivity index (χ4v) is 6.52. The summed E-state index contributed by atoms with van der Waals surface area (Å²) in [5.41, 5.74) is 12.1. The van der Waals surface area contributed by atoms with Crippen molar-refractivity contribution in [1.82, 2.24) is 4.57 Å². The summed E-state index contributed by atoms with van der Waals surface area (Å²) in [5, 5.41) is 2.70. The molecule has 1 unspecified atom stereocenters. The number of hydrogen-bond donors (Lipinski definition) is 1. The third kappa shape index (κ3) is 10.9. The number of unbranched alkanes of at least 4 members (excludes halogenated alkanes) is 18. The predicted molar refractivity (Wildman–Crippen MR) is 179 cm³/mol. The van der Waals surface area contributed by atoms with E-state index in [2.05, 4.69) is 61.7 Å². The summed E-state index contributed by atoms with van der Waals surface area (Å²) in [5.74, 6) is 0. The van der Waals surface area contributed by atoms with Crippen LogP contribution in [0.3, 0.4) is 0 Å². The molecule has 2 nitrogen and oxygen atoms in total. The number of benzene rings is 2. The Labute approximate surface area is 247 Å². The molecule has 0 aliphatic rings. The summed E-state index contributed by atoms with van der Waals surface area (Å²) < 4.78 is 2.38. The number of rotatable bonds is 23. The summed E-state index contributed by atoms with van der Waals surface area (Å²) in [6.07, 6.45) is 30.1. The second kappa shape index (κ2) is 19.3. The fourth-order valence-electron chi connectivity index (χ4n) is 6.52. The lowest BCUT2D eigenvalue weighted by Crippen LogP contribution is -2.14. The third-order valence-corrected chi connectivity index (χ3v) is 8.98. The van der Waals surface area contributed by atoms with E-state index >= 15 is 0 Å². The first-order valence-corrected chi connectivity index (χ1v) is 17.5. The number of aryl methyl sites for hydroxylation is 2. The number of nitrogens with two attached hydrogens (primary N) is 1. The van der Waals surface area contributed by atoms with Crippen molar-refractivity contribution in [1.29, 1.82) is 0 Å². The van der Waals surface area contributed by atoms with Crippen LogP contribution in [0.1, 0.15) is 166 Å². The van der Waals surface area contributed by atoms with E-state index in [9.17, 15) is 0 Å². The van der Waals surface area contributed by atoms with Crippen LogP contribution in [0.5, 0.6) is 0 Å². The molecular formula is C38H62N2. The Hall–Kier alpha value is -1.80. The number of nitrogens with zero attached hydrogens (tertiary/aromatic N) is 1. The zero-order chi connectivity index (χ0) is 28.4. The highest BCUT2D eigenvalue weighted by Gasteiger charge is 2.14. The molecule has 2 N–H and O–H groups in total. The number of aromatic nitrogens is 1. The van der Waals surface area contributed by atoms with E-state index in [1.165, 1.54) is 174 Å². The van der Waals surface area contributed by atoms with Crippen molar-refractivity contribution >= 4 is 21.8 Å². The highest BCUT2D eigenvalue weighted by molar-refractivity contribution is 6.08. The van der Waals surface area contributed by atoms with Crippen molar-refractivity contribution in [3.05, 3.63) is 47.5 Å². The maximum Gasteiger partial charge on any atom is 0.0792 e. The molecule has 0 fully saturated rings. The second-order valence-electron chi connectivity index (χ2n) is 12.7. The molecule has 0 radical (unpaired) electrons. The van der Waals surface area contributed by atoms with Crippen LogP contribution in [-0.4, -0.2) is 4.57 Å². The van der Waals surface area contributed by atoms with Gasteiger partial charge >= 0.3 is 0 Å². The van der Waals surface area contributed by atoms with Gasteiger partial charge in [-0.1, -0.05) is 154 Å². The van der Waals surface area contributed by atoms with E-state index in [4.69, 9.17) is 5.73 Å². The molecule has 0 saturated heterocycles. The minimum Gasteiger partial charge on any atom is -0.325 e. The van der Waals surface area contributed by atoms with Gasteiger partial charge in [0, 0.05) is 10.8 Å². The first-order chi connectivity index (χ1) is 19.7. The zero-order valence-electron chi connectivity index (χ0n) is 26.6. The lowest BCUT2D eigenvalue weighted by molar-refractivity contribution is 0.556. The van der Waals surface area contributed by atoms with E-state index < -0.39 is 0 Å². The first kappa shape index (κ1) is 32.7. The molecule has 40 heavy (non-hydrogen) atoms. The van der Waals surface area contributed by atoms with Gasteiger partial charge in [-0.05, 0) is 55.9 Å². The summed E-state index contributed by atoms with van der Waals surface area (Å²) >= 11 is 0. The van der Waals surface area contributed by atoms with Crippen molar-refractivity contribution in [2.75, 3.05) is 0 Å². The smallest absolute Gasteiger partial charge is 0.0792 e. The molecule has 224 valence electrons. The minimum absolute atomic E-state index is 0.0276. The largest absolute Gasteiger partial charge is 0.325 e. The van der Waals surface area contributed by atoms with Crippen LogP contribution in [0.25, 0.3) is 21.8 Å². The van der Waals surface area contributed by atoms with Gasteiger partial charge in [0.2, 0.25) is 0 Å². The van der Waals surface area contributed by atoms with Crippen molar-refractivity contribution in [3.63, 3.8) is 0 Å². The fraction of sp³-hybridized carbons (Fsp3) is 0.684. The van der Waals surface area contributed by atoms with Gasteiger partial charge in [-0.3, -0.25) is 0 Å². The number of fused-ring (bicyclic) bond motifs is 3. The Morgan fingerprint density at radius 1 is 0.500 bits per heavy atom. The van der Waals surface area contributed by atoms with Gasteiger partial charge in [-0.15, -0.1) is 0 Å². The maximum atomic E-state index is 6.57. The van der Waals surface area contributed by atoms with Gasteiger partial charge in [0.15, 0.2) is 0 Å². The van der Waals surface area contributed by atoms with Crippen molar-refractivity contribution in [3.8, 4) is 0 Å². The highest BCUT2D eigenvalue weighted by Crippen LogP contribution is 2.33. The van der Waals surface area contributed by atoms with E-state index in [0.717, 1.165) is 0 Å². The molecule has 3 rings (SSSR count). The Bertz CT molecular complexity index is 995. The normalized spacial score (nSPS) is 12.6. The molecule has 3 aromatic rings. The van der Waals surface area contributed by atoms with Crippen molar-refractivity contribution in [2.24, 2.45) is 5.73 Å². The lowest BCUT2D eigenvalue weighted by Gasteiger charge is -2.13. The molecule has 0 aliphatic carbocycles. The molecule has 0 spiro atoms. The van der Waals surface area contributed by atoms with Crippen LogP contribution < -0.4 is 5.73 Å². The van der Waals surface area contributed by atoms with Crippen LogP contribution in [0.15, 0.2) is 36.4 Å². The quantitative estimate of drug-likeness (QED) is 0.118. The van der Waals surface area contributed by atoms with E-state index in [0.29, 0.717) is 0 Å². The van der Waals surface area contributed by atoms with Gasteiger partial charge in [0.25, 0.3) is 0 Å². The minimum atomic E-state index is -0.0276. The van der Waals surface area contributed by atoms with Crippen molar-refractivity contribution < 1.29 is 0 Å². The maximum absolute atomic E-state index is 6.57. The topological polar surface area (TPSA) is 30.9 Å². The monoisotopic (exact) mass is 546 g/mol. The molecular weight excluding hydrogens is 484 g/mol. The Morgan fingerprint density at radius 2 is 0.825 bits per heavy atom. The average Bonchev–Trinajstić information content (AvgIpc) is 3.28. The molecule has 1 heterocycles. The van der Waals surface area contributed by atoms with Crippen LogP contribution in [-0.2, 0) is 12.8 Å². The molecule has 2 aromatic carbocycles. The average molecular weight is 547 g/mol. The van der Waals surface area contributed by atoms with Gasteiger partial charge in [0.05, 0.1) is 17.2 Å². The van der Waals surface area contributed by atoms with Gasteiger partial charge in [0.1, 0.15) is 0 Å². The molecule has 0 bridgehead atoms. The van der Waals surface area contributed by atoms with Crippen LogP contribution in [0.4, 0.5) is 0 Å². The van der Waals surface area contributed by atoms with Crippen LogP contribution >= 0.6 is 0 Å². The van der Waals surface area contributed by atoms with Crippen LogP contribution in [0, 0.1) is 0 Å². The predicted octanol–water partition coefficient (Wildman–Crippen LogP) is 12.2. The molecule has 2 heteroatoms.